The van der Waals surface area contributed by atoms with Crippen LogP contribution in [0.5, 0.6) is 0 Å². The maximum absolute atomic E-state index is 13.5. The quantitative estimate of drug-likeness (QED) is 0.625. The molecule has 2 heterocycles. The van der Waals surface area contributed by atoms with Crippen molar-refractivity contribution in [3.8, 4) is 0 Å². The van der Waals surface area contributed by atoms with E-state index in [1.807, 2.05) is 6.08 Å². The molecule has 1 N–H and O–H groups in total. The third-order valence-corrected chi connectivity index (χ3v) is 4.50. The highest BCUT2D eigenvalue weighted by atomic mass is 32.1. The van der Waals surface area contributed by atoms with Gasteiger partial charge in [-0.05, 0) is 30.4 Å². The minimum Gasteiger partial charge on any atom is -0.348 e. The van der Waals surface area contributed by atoms with E-state index in [0.717, 1.165) is 0 Å². The van der Waals surface area contributed by atoms with Crippen LogP contribution in [0.25, 0.3) is 0 Å². The predicted octanol–water partition coefficient (Wildman–Crippen LogP) is 3.18. The number of halogens is 3. The fraction of sp³-hybridized carbons (Fsp3) is 0.400. The molecule has 1 spiro atoms. The van der Waals surface area contributed by atoms with E-state index < -0.39 is 11.9 Å². The van der Waals surface area contributed by atoms with E-state index in [1.165, 1.54) is 12.1 Å². The summed E-state index contributed by atoms with van der Waals surface area (Å²) in [4.78, 5) is 7.29. The van der Waals surface area contributed by atoms with Gasteiger partial charge in [-0.3, -0.25) is 10.3 Å². The normalized spacial score (nSPS) is 19.7. The molecule has 2 aliphatic rings. The van der Waals surface area contributed by atoms with E-state index in [0.29, 0.717) is 25.9 Å². The van der Waals surface area contributed by atoms with Crippen molar-refractivity contribution in [3.63, 3.8) is 0 Å². The zero-order valence-corrected chi connectivity index (χ0v) is 13.0. The number of thiocarbonyl (C=S) groups is 1. The monoisotopic (exact) mass is 343 g/mol. The number of nitrogens with zero attached hydrogens (tertiary/aromatic N) is 2. The first-order valence-electron chi connectivity index (χ1n) is 7.23. The highest BCUT2D eigenvalue weighted by Gasteiger charge is 2.44. The third kappa shape index (κ3) is 3.28. The molecule has 2 aliphatic heterocycles. The molecule has 3 rings (SSSR count). The van der Waals surface area contributed by atoms with E-state index in [-0.39, 0.29) is 15.7 Å². The molecule has 124 valence electrons. The van der Waals surface area contributed by atoms with Crippen molar-refractivity contribution >= 4 is 23.0 Å². The molecule has 0 amide bonds. The van der Waals surface area contributed by atoms with Crippen molar-refractivity contribution in [1.29, 1.82) is 0 Å². The summed E-state index contributed by atoms with van der Waals surface area (Å²) in [6.45, 7) is 0.814. The van der Waals surface area contributed by atoms with Crippen LogP contribution in [0.15, 0.2) is 42.6 Å². The molecule has 4 nitrogen and oxygen atoms in total. The summed E-state index contributed by atoms with van der Waals surface area (Å²) in [6, 6.07) is 7.59. The van der Waals surface area contributed by atoms with Gasteiger partial charge in [-0.15, -0.1) is 13.2 Å². The number of hydrogen-bond donors (Lipinski definition) is 1. The first kappa shape index (κ1) is 16.1. The lowest BCUT2D eigenvalue weighted by Gasteiger charge is -2.41. The van der Waals surface area contributed by atoms with Gasteiger partial charge in [0.2, 0.25) is 0 Å². The molecular formula is C15H16F3N3OS. The Morgan fingerprint density at radius 1 is 1.22 bits per heavy atom. The highest BCUT2D eigenvalue weighted by Crippen LogP contribution is 2.33. The third-order valence-electron chi connectivity index (χ3n) is 4.06. The minimum atomic E-state index is -4.57. The average Bonchev–Trinajstić information content (AvgIpc) is 2.96. The van der Waals surface area contributed by atoms with E-state index in [4.69, 9.17) is 17.1 Å². The first-order valence-corrected chi connectivity index (χ1v) is 7.64. The van der Waals surface area contributed by atoms with Crippen LogP contribution in [0.1, 0.15) is 12.8 Å². The summed E-state index contributed by atoms with van der Waals surface area (Å²) in [6.07, 6.45) is 0.208. The van der Waals surface area contributed by atoms with E-state index in [2.05, 4.69) is 5.48 Å². The molecule has 23 heavy (non-hydrogen) atoms. The van der Waals surface area contributed by atoms with Gasteiger partial charge in [-0.1, -0.05) is 18.2 Å². The Hall–Kier alpha value is -1.80. The number of rotatable bonds is 1. The molecule has 1 saturated heterocycles. The standard InChI is InChI=1S/C15H16F3N3OS/c16-15(17,18)21(12-4-2-1-3-5-12)13(23)20-10-7-14(8-11-20)6-9-19-22-14/h1-6,9,19H,7-8,10-11H2. The maximum atomic E-state index is 13.5. The molecule has 1 aromatic rings. The Kier molecular flexibility index (Phi) is 4.20. The Bertz CT molecular complexity index is 598. The van der Waals surface area contributed by atoms with Gasteiger partial charge in [0.25, 0.3) is 0 Å². The molecule has 0 aromatic heterocycles. The van der Waals surface area contributed by atoms with Crippen molar-refractivity contribution < 1.29 is 18.0 Å². The molecular weight excluding hydrogens is 327 g/mol. The molecule has 0 aliphatic carbocycles. The lowest BCUT2D eigenvalue weighted by molar-refractivity contribution is -0.120. The van der Waals surface area contributed by atoms with E-state index in [1.54, 1.807) is 29.3 Å². The SMILES string of the molecule is FC(F)(F)N(C(=S)N1CCC2(C=CNO2)CC1)c1ccccc1. The lowest BCUT2D eigenvalue weighted by atomic mass is 9.92. The van der Waals surface area contributed by atoms with Gasteiger partial charge in [-0.2, -0.15) is 0 Å². The molecule has 1 fully saturated rings. The average molecular weight is 343 g/mol. The van der Waals surface area contributed by atoms with Crippen molar-refractivity contribution in [3.05, 3.63) is 42.6 Å². The smallest absolute Gasteiger partial charge is 0.348 e. The topological polar surface area (TPSA) is 27.7 Å². The van der Waals surface area contributed by atoms with Gasteiger partial charge >= 0.3 is 6.30 Å². The number of para-hydroxylation sites is 1. The van der Waals surface area contributed by atoms with Crippen molar-refractivity contribution in [2.45, 2.75) is 24.7 Å². The van der Waals surface area contributed by atoms with Crippen LogP contribution in [-0.2, 0) is 4.84 Å². The van der Waals surface area contributed by atoms with Crippen LogP contribution in [-0.4, -0.2) is 35.0 Å². The van der Waals surface area contributed by atoms with E-state index in [9.17, 15) is 13.2 Å². The fourth-order valence-electron chi connectivity index (χ4n) is 2.80. The second kappa shape index (κ2) is 6.01. The Morgan fingerprint density at radius 3 is 2.39 bits per heavy atom. The number of benzene rings is 1. The predicted molar refractivity (Wildman–Crippen MR) is 84.5 cm³/mol. The Labute approximate surface area is 137 Å². The largest absolute Gasteiger partial charge is 0.491 e. The van der Waals surface area contributed by atoms with Gasteiger partial charge in [0.05, 0.1) is 5.69 Å². The summed E-state index contributed by atoms with van der Waals surface area (Å²) in [7, 11) is 0. The van der Waals surface area contributed by atoms with Crippen LogP contribution in [0.4, 0.5) is 18.9 Å². The van der Waals surface area contributed by atoms with Crippen LogP contribution in [0.3, 0.4) is 0 Å². The summed E-state index contributed by atoms with van der Waals surface area (Å²) in [5, 5.41) is -0.228. The summed E-state index contributed by atoms with van der Waals surface area (Å²) < 4.78 is 40.4. The van der Waals surface area contributed by atoms with Crippen LogP contribution < -0.4 is 10.4 Å². The Morgan fingerprint density at radius 2 is 1.87 bits per heavy atom. The molecule has 8 heteroatoms. The van der Waals surface area contributed by atoms with Crippen molar-refractivity contribution in [2.24, 2.45) is 0 Å². The van der Waals surface area contributed by atoms with E-state index >= 15 is 0 Å². The number of likely N-dealkylation sites (tertiary alicyclic amines) is 1. The number of anilines is 1. The summed E-state index contributed by atoms with van der Waals surface area (Å²) in [5.74, 6) is 0. The fourth-order valence-corrected chi connectivity index (χ4v) is 3.19. The number of hydrogen-bond acceptors (Lipinski definition) is 3. The van der Waals surface area contributed by atoms with Gasteiger partial charge in [0, 0.05) is 32.1 Å². The van der Waals surface area contributed by atoms with Crippen LogP contribution >= 0.6 is 12.2 Å². The number of nitrogens with one attached hydrogen (secondary N) is 1. The van der Waals surface area contributed by atoms with Crippen molar-refractivity contribution in [1.82, 2.24) is 10.4 Å². The summed E-state index contributed by atoms with van der Waals surface area (Å²) in [5.41, 5.74) is 2.27. The maximum Gasteiger partial charge on any atom is 0.491 e. The lowest BCUT2D eigenvalue weighted by Crippen LogP contribution is -2.54. The minimum absolute atomic E-state index is 0.0176. The summed E-state index contributed by atoms with van der Waals surface area (Å²) >= 11 is 5.15. The number of hydroxylamine groups is 1. The molecule has 0 atom stereocenters. The van der Waals surface area contributed by atoms with Crippen LogP contribution in [0.2, 0.25) is 0 Å². The second-order valence-electron chi connectivity index (χ2n) is 5.53. The number of piperidine rings is 1. The zero-order chi connectivity index (χ0) is 16.5. The Balaban J connectivity index is 1.76. The molecule has 1 aromatic carbocycles. The van der Waals surface area contributed by atoms with Gasteiger partial charge < -0.3 is 4.90 Å². The zero-order valence-electron chi connectivity index (χ0n) is 12.2. The highest BCUT2D eigenvalue weighted by molar-refractivity contribution is 7.80. The molecule has 0 radical (unpaired) electrons. The second-order valence-corrected chi connectivity index (χ2v) is 5.89. The van der Waals surface area contributed by atoms with Gasteiger partial charge in [-0.25, -0.2) is 4.90 Å². The first-order chi connectivity index (χ1) is 10.9. The number of alkyl halides is 3. The molecule has 0 saturated carbocycles. The van der Waals surface area contributed by atoms with Gasteiger partial charge in [0.1, 0.15) is 5.60 Å². The van der Waals surface area contributed by atoms with Crippen LogP contribution in [0, 0.1) is 0 Å². The van der Waals surface area contributed by atoms with Crippen molar-refractivity contribution in [2.75, 3.05) is 18.0 Å². The van der Waals surface area contributed by atoms with Gasteiger partial charge in [0.15, 0.2) is 5.11 Å². The molecule has 0 unspecified atom stereocenters. The molecule has 0 bridgehead atoms.